The number of hydrogen-bond donors (Lipinski definition) is 1. The third-order valence-corrected chi connectivity index (χ3v) is 3.94. The molecule has 0 aliphatic carbocycles. The van der Waals surface area contributed by atoms with E-state index in [-0.39, 0.29) is 33.7 Å². The van der Waals surface area contributed by atoms with Crippen molar-refractivity contribution in [2.24, 2.45) is 0 Å². The molecule has 1 heterocycles. The van der Waals surface area contributed by atoms with Gasteiger partial charge in [-0.2, -0.15) is 0 Å². The Morgan fingerprint density at radius 2 is 1.93 bits per heavy atom. The third kappa shape index (κ3) is 3.38. The number of nitro groups is 2. The lowest BCUT2D eigenvalue weighted by Gasteiger charge is -2.08. The number of non-ortho nitro benzene ring substituents is 1. The molecule has 3 aromatic rings. The molecule has 0 bridgehead atoms. The lowest BCUT2D eigenvalue weighted by molar-refractivity contribution is -0.385. The fraction of sp³-hybridized carbons (Fsp3) is 0.125. The molecule has 1 N–H and O–H groups in total. The van der Waals surface area contributed by atoms with Crippen LogP contribution in [0.2, 0.25) is 0 Å². The molecule has 11 heteroatoms. The zero-order chi connectivity index (χ0) is 19.7. The molecular formula is C16H12N4O7. The van der Waals surface area contributed by atoms with Gasteiger partial charge in [-0.1, -0.05) is 6.07 Å². The third-order valence-electron chi connectivity index (χ3n) is 3.94. The van der Waals surface area contributed by atoms with E-state index in [9.17, 15) is 29.8 Å². The van der Waals surface area contributed by atoms with Gasteiger partial charge < -0.3 is 9.73 Å². The number of nitro benzene ring substituents is 2. The summed E-state index contributed by atoms with van der Waals surface area (Å²) in [6.07, 6.45) is 0. The number of nitrogens with zero attached hydrogens (tertiary/aromatic N) is 3. The monoisotopic (exact) mass is 372 g/mol. The van der Waals surface area contributed by atoms with Gasteiger partial charge in [0.15, 0.2) is 5.58 Å². The van der Waals surface area contributed by atoms with Crippen molar-refractivity contribution in [2.45, 2.75) is 13.5 Å². The predicted octanol–water partition coefficient (Wildman–Crippen LogP) is 2.36. The summed E-state index contributed by atoms with van der Waals surface area (Å²) in [6.45, 7) is 1.01. The highest BCUT2D eigenvalue weighted by Gasteiger charge is 2.18. The van der Waals surface area contributed by atoms with Crippen LogP contribution in [0.15, 0.2) is 45.6 Å². The summed E-state index contributed by atoms with van der Waals surface area (Å²) in [5.41, 5.74) is 0.267. The van der Waals surface area contributed by atoms with Gasteiger partial charge in [0.05, 0.1) is 26.6 Å². The van der Waals surface area contributed by atoms with Crippen LogP contribution in [0.25, 0.3) is 11.1 Å². The Kier molecular flexibility index (Phi) is 4.42. The van der Waals surface area contributed by atoms with Crippen LogP contribution in [-0.4, -0.2) is 20.3 Å². The molecule has 0 saturated heterocycles. The first kappa shape index (κ1) is 17.8. The standard InChI is InChI=1S/C16H12N4O7/c1-9-11(3-2-4-12(9)20(25)26)17-15(21)8-18-13-7-10(19(23)24)5-6-14(13)27-16(18)22/h2-7H,8H2,1H3,(H,17,21). The molecule has 0 saturated carbocycles. The van der Waals surface area contributed by atoms with Gasteiger partial charge in [-0.25, -0.2) is 4.79 Å². The van der Waals surface area contributed by atoms with E-state index >= 15 is 0 Å². The minimum Gasteiger partial charge on any atom is -0.408 e. The van der Waals surface area contributed by atoms with Crippen molar-refractivity contribution >= 4 is 34.1 Å². The average molecular weight is 372 g/mol. The first-order valence-corrected chi connectivity index (χ1v) is 7.59. The van der Waals surface area contributed by atoms with E-state index in [2.05, 4.69) is 5.32 Å². The Morgan fingerprint density at radius 3 is 2.59 bits per heavy atom. The molecule has 0 fully saturated rings. The van der Waals surface area contributed by atoms with E-state index in [1.54, 1.807) is 0 Å². The van der Waals surface area contributed by atoms with Crippen molar-refractivity contribution in [3.05, 3.63) is 72.7 Å². The Labute approximate surface area is 150 Å². The van der Waals surface area contributed by atoms with E-state index in [4.69, 9.17) is 4.42 Å². The second-order valence-corrected chi connectivity index (χ2v) is 5.62. The molecule has 1 aromatic heterocycles. The minimum absolute atomic E-state index is 0.0973. The second kappa shape index (κ2) is 6.71. The zero-order valence-corrected chi connectivity index (χ0v) is 13.9. The number of aromatic nitrogens is 1. The fourth-order valence-electron chi connectivity index (χ4n) is 2.60. The highest BCUT2D eigenvalue weighted by molar-refractivity contribution is 5.92. The lowest BCUT2D eigenvalue weighted by atomic mass is 10.1. The summed E-state index contributed by atoms with van der Waals surface area (Å²) in [6, 6.07) is 7.80. The van der Waals surface area contributed by atoms with Gasteiger partial charge in [0.2, 0.25) is 5.91 Å². The Morgan fingerprint density at radius 1 is 1.19 bits per heavy atom. The van der Waals surface area contributed by atoms with Crippen LogP contribution in [0.3, 0.4) is 0 Å². The zero-order valence-electron chi connectivity index (χ0n) is 13.9. The number of oxazole rings is 1. The number of amides is 1. The highest BCUT2D eigenvalue weighted by Crippen LogP contribution is 2.25. The molecule has 0 unspecified atom stereocenters. The predicted molar refractivity (Wildman–Crippen MR) is 93.6 cm³/mol. The molecule has 0 aliphatic rings. The molecule has 2 aromatic carbocycles. The number of rotatable bonds is 5. The molecule has 27 heavy (non-hydrogen) atoms. The number of hydrogen-bond acceptors (Lipinski definition) is 7. The Bertz CT molecular complexity index is 1150. The van der Waals surface area contributed by atoms with Gasteiger partial charge in [-0.15, -0.1) is 0 Å². The Balaban J connectivity index is 1.91. The molecule has 0 atom stereocenters. The van der Waals surface area contributed by atoms with E-state index in [1.165, 1.54) is 37.3 Å². The fourth-order valence-corrected chi connectivity index (χ4v) is 2.60. The highest BCUT2D eigenvalue weighted by atomic mass is 16.6. The molecule has 11 nitrogen and oxygen atoms in total. The molecule has 1 amide bonds. The van der Waals surface area contributed by atoms with Gasteiger partial charge in [-0.3, -0.25) is 29.6 Å². The summed E-state index contributed by atoms with van der Waals surface area (Å²) in [5.74, 6) is -1.49. The number of anilines is 1. The van der Waals surface area contributed by atoms with Crippen LogP contribution in [0.4, 0.5) is 17.1 Å². The van der Waals surface area contributed by atoms with Crippen LogP contribution < -0.4 is 11.1 Å². The van der Waals surface area contributed by atoms with Crippen molar-refractivity contribution in [3.8, 4) is 0 Å². The smallest absolute Gasteiger partial charge is 0.408 e. The van der Waals surface area contributed by atoms with Crippen molar-refractivity contribution < 1.29 is 19.1 Å². The summed E-state index contributed by atoms with van der Waals surface area (Å²) in [4.78, 5) is 45.0. The van der Waals surface area contributed by atoms with Gasteiger partial charge in [0.25, 0.3) is 11.4 Å². The maximum absolute atomic E-state index is 12.3. The van der Waals surface area contributed by atoms with E-state index in [0.29, 0.717) is 0 Å². The number of carbonyl (C=O) groups excluding carboxylic acids is 1. The van der Waals surface area contributed by atoms with Crippen LogP contribution in [-0.2, 0) is 11.3 Å². The van der Waals surface area contributed by atoms with E-state index < -0.39 is 28.1 Å². The molecule has 0 spiro atoms. The summed E-state index contributed by atoms with van der Waals surface area (Å²) in [7, 11) is 0. The van der Waals surface area contributed by atoms with Gasteiger partial charge in [-0.05, 0) is 19.1 Å². The molecule has 138 valence electrons. The van der Waals surface area contributed by atoms with Crippen molar-refractivity contribution in [2.75, 3.05) is 5.32 Å². The lowest BCUT2D eigenvalue weighted by Crippen LogP contribution is -2.25. The normalized spacial score (nSPS) is 10.7. The maximum Gasteiger partial charge on any atom is 0.420 e. The molecule has 0 aliphatic heterocycles. The van der Waals surface area contributed by atoms with E-state index in [1.807, 2.05) is 0 Å². The van der Waals surface area contributed by atoms with Gasteiger partial charge in [0, 0.05) is 18.2 Å². The number of benzene rings is 2. The molecule has 0 radical (unpaired) electrons. The summed E-state index contributed by atoms with van der Waals surface area (Å²) >= 11 is 0. The number of fused-ring (bicyclic) bond motifs is 1. The first-order valence-electron chi connectivity index (χ1n) is 7.59. The van der Waals surface area contributed by atoms with E-state index in [0.717, 1.165) is 10.6 Å². The number of carbonyl (C=O) groups is 1. The van der Waals surface area contributed by atoms with Gasteiger partial charge in [0.1, 0.15) is 6.54 Å². The summed E-state index contributed by atoms with van der Waals surface area (Å²) < 4.78 is 5.92. The topological polar surface area (TPSA) is 151 Å². The van der Waals surface area contributed by atoms with Gasteiger partial charge >= 0.3 is 5.76 Å². The van der Waals surface area contributed by atoms with Crippen LogP contribution in [0, 0.1) is 27.2 Å². The minimum atomic E-state index is -0.851. The maximum atomic E-state index is 12.3. The largest absolute Gasteiger partial charge is 0.420 e. The molecular weight excluding hydrogens is 360 g/mol. The first-order chi connectivity index (χ1) is 12.8. The van der Waals surface area contributed by atoms with Crippen LogP contribution in [0.1, 0.15) is 5.56 Å². The van der Waals surface area contributed by atoms with Crippen LogP contribution in [0.5, 0.6) is 0 Å². The average Bonchev–Trinajstić information content (AvgIpc) is 2.91. The Hall–Kier alpha value is -4.02. The van der Waals surface area contributed by atoms with Crippen molar-refractivity contribution in [1.82, 2.24) is 4.57 Å². The van der Waals surface area contributed by atoms with Crippen molar-refractivity contribution in [1.29, 1.82) is 0 Å². The second-order valence-electron chi connectivity index (χ2n) is 5.62. The number of nitrogens with one attached hydrogen (secondary N) is 1. The SMILES string of the molecule is Cc1c(NC(=O)Cn2c(=O)oc3ccc([N+](=O)[O-])cc32)cccc1[N+](=O)[O-]. The van der Waals surface area contributed by atoms with Crippen molar-refractivity contribution in [3.63, 3.8) is 0 Å². The summed E-state index contributed by atoms with van der Waals surface area (Å²) in [5, 5.41) is 24.4. The quantitative estimate of drug-likeness (QED) is 0.533. The molecule has 3 rings (SSSR count). The van der Waals surface area contributed by atoms with Crippen LogP contribution >= 0.6 is 0 Å².